The summed E-state index contributed by atoms with van der Waals surface area (Å²) in [6, 6.07) is 0. The number of nitrogens with one attached hydrogen (secondary N) is 1. The largest absolute Gasteiger partial charge is 0.469 e. The van der Waals surface area contributed by atoms with Crippen LogP contribution in [0.25, 0.3) is 0 Å². The topological polar surface area (TPSA) is 171 Å². The second kappa shape index (κ2) is 6.42. The van der Waals surface area contributed by atoms with E-state index in [0.717, 1.165) is 10.8 Å². The molecule has 0 spiro atoms. The van der Waals surface area contributed by atoms with Crippen LogP contribution in [0.3, 0.4) is 0 Å². The van der Waals surface area contributed by atoms with Crippen molar-refractivity contribution in [3.63, 3.8) is 0 Å². The van der Waals surface area contributed by atoms with E-state index in [-0.39, 0.29) is 12.0 Å². The molecule has 3 atom stereocenters. The van der Waals surface area contributed by atoms with Crippen molar-refractivity contribution in [3.8, 4) is 0 Å². The molecule has 0 saturated carbocycles. The van der Waals surface area contributed by atoms with Crippen LogP contribution in [0.5, 0.6) is 0 Å². The number of aromatic nitrogens is 2. The van der Waals surface area contributed by atoms with Gasteiger partial charge >= 0.3 is 13.5 Å². The van der Waals surface area contributed by atoms with Gasteiger partial charge in [-0.2, -0.15) is 0 Å². The summed E-state index contributed by atoms with van der Waals surface area (Å²) in [5, 5.41) is 18.2. The lowest BCUT2D eigenvalue weighted by atomic mass is 10.2. The van der Waals surface area contributed by atoms with E-state index < -0.39 is 50.7 Å². The van der Waals surface area contributed by atoms with Gasteiger partial charge in [0.25, 0.3) is 5.56 Å². The summed E-state index contributed by atoms with van der Waals surface area (Å²) in [5.74, 6) is 0. The Labute approximate surface area is 123 Å². The molecule has 2 rings (SSSR count). The second-order valence-corrected chi connectivity index (χ2v) is 5.85. The van der Waals surface area contributed by atoms with Crippen molar-refractivity contribution in [1.82, 2.24) is 9.55 Å². The third kappa shape index (κ3) is 3.70. The summed E-state index contributed by atoms with van der Waals surface area (Å²) in [7, 11) is -4.79. The number of nitrogens with zero attached hydrogens (tertiary/aromatic N) is 1. The maximum absolute atomic E-state index is 11.8. The Hall–Kier alpha value is -1.33. The molecular formula is C10H15N2O9P. The average molecular weight is 338 g/mol. The zero-order valence-electron chi connectivity index (χ0n) is 11.2. The molecule has 12 heteroatoms. The molecule has 124 valence electrons. The van der Waals surface area contributed by atoms with E-state index in [1.54, 1.807) is 0 Å². The first-order valence-electron chi connectivity index (χ1n) is 6.20. The minimum atomic E-state index is -4.79. The Morgan fingerprint density at radius 3 is 2.64 bits per heavy atom. The summed E-state index contributed by atoms with van der Waals surface area (Å²) in [5.41, 5.74) is -1.65. The van der Waals surface area contributed by atoms with Gasteiger partial charge in [0, 0.05) is 12.6 Å². The van der Waals surface area contributed by atoms with Gasteiger partial charge in [-0.25, -0.2) is 9.36 Å². The lowest BCUT2D eigenvalue weighted by molar-refractivity contribution is -0.0454. The molecule has 0 aromatic carbocycles. The molecule has 0 amide bonds. The van der Waals surface area contributed by atoms with Crippen LogP contribution >= 0.6 is 7.82 Å². The first-order valence-corrected chi connectivity index (χ1v) is 7.73. The fourth-order valence-corrected chi connectivity index (χ4v) is 2.75. The highest BCUT2D eigenvalue weighted by atomic mass is 31.2. The van der Waals surface area contributed by atoms with Gasteiger partial charge in [0.2, 0.25) is 0 Å². The summed E-state index contributed by atoms with van der Waals surface area (Å²) in [4.78, 5) is 42.8. The molecule has 1 aliphatic rings. The predicted octanol–water partition coefficient (Wildman–Crippen LogP) is -2.21. The number of aromatic amines is 1. The van der Waals surface area contributed by atoms with Crippen LogP contribution in [-0.4, -0.2) is 48.4 Å². The summed E-state index contributed by atoms with van der Waals surface area (Å²) >= 11 is 0. The van der Waals surface area contributed by atoms with Crippen molar-refractivity contribution >= 4 is 7.82 Å². The number of phosphoric acid groups is 1. The first-order chi connectivity index (χ1) is 10.2. The van der Waals surface area contributed by atoms with E-state index in [1.165, 1.54) is 0 Å². The lowest BCUT2D eigenvalue weighted by Crippen LogP contribution is -2.34. The maximum Gasteiger partial charge on any atom is 0.469 e. The minimum Gasteiger partial charge on any atom is -0.394 e. The molecule has 1 aromatic rings. The van der Waals surface area contributed by atoms with Crippen molar-refractivity contribution in [2.24, 2.45) is 0 Å². The highest BCUT2D eigenvalue weighted by Gasteiger charge is 2.40. The lowest BCUT2D eigenvalue weighted by Gasteiger charge is -2.16. The molecule has 1 fully saturated rings. The molecular weight excluding hydrogens is 323 g/mol. The molecule has 1 saturated heterocycles. The predicted molar refractivity (Wildman–Crippen MR) is 69.8 cm³/mol. The molecule has 0 aliphatic carbocycles. The Bertz CT molecular complexity index is 692. The Kier molecular flexibility index (Phi) is 4.97. The first kappa shape index (κ1) is 17.0. The number of aliphatic hydroxyl groups is 2. The van der Waals surface area contributed by atoms with Crippen LogP contribution in [0, 0.1) is 0 Å². The van der Waals surface area contributed by atoms with Gasteiger partial charge in [0.15, 0.2) is 0 Å². The van der Waals surface area contributed by atoms with E-state index in [9.17, 15) is 14.2 Å². The van der Waals surface area contributed by atoms with Crippen molar-refractivity contribution < 1.29 is 33.8 Å². The summed E-state index contributed by atoms with van der Waals surface area (Å²) < 4.78 is 21.7. The highest BCUT2D eigenvalue weighted by Crippen LogP contribution is 2.43. The Morgan fingerprint density at radius 1 is 1.41 bits per heavy atom. The third-order valence-electron chi connectivity index (χ3n) is 3.16. The van der Waals surface area contributed by atoms with E-state index in [2.05, 4.69) is 4.52 Å². The second-order valence-electron chi connectivity index (χ2n) is 4.66. The summed E-state index contributed by atoms with van der Waals surface area (Å²) in [6.07, 6.45) is -2.24. The smallest absolute Gasteiger partial charge is 0.394 e. The van der Waals surface area contributed by atoms with E-state index in [1.807, 2.05) is 4.98 Å². The van der Waals surface area contributed by atoms with Gasteiger partial charge in [0.1, 0.15) is 18.4 Å². The molecule has 22 heavy (non-hydrogen) atoms. The Balaban J connectivity index is 2.30. The van der Waals surface area contributed by atoms with Crippen molar-refractivity contribution in [2.45, 2.75) is 31.5 Å². The summed E-state index contributed by atoms with van der Waals surface area (Å²) in [6.45, 7) is -1.18. The van der Waals surface area contributed by atoms with E-state index in [0.29, 0.717) is 0 Å². The molecule has 5 N–H and O–H groups in total. The molecule has 11 nitrogen and oxygen atoms in total. The number of ether oxygens (including phenoxy) is 1. The van der Waals surface area contributed by atoms with Gasteiger partial charge in [0.05, 0.1) is 18.8 Å². The molecule has 1 aliphatic heterocycles. The average Bonchev–Trinajstić information content (AvgIpc) is 2.79. The SMILES string of the molecule is O=c1[nH]c(=O)n([C@H]2C[C@H](OP(=O)(O)O)[C@@H](CO)O2)cc1CO. The highest BCUT2D eigenvalue weighted by molar-refractivity contribution is 7.46. The van der Waals surface area contributed by atoms with E-state index in [4.69, 9.17) is 24.7 Å². The van der Waals surface area contributed by atoms with Crippen LogP contribution < -0.4 is 11.2 Å². The van der Waals surface area contributed by atoms with Gasteiger partial charge in [-0.05, 0) is 0 Å². The number of aliphatic hydroxyl groups excluding tert-OH is 2. The normalized spacial score (nSPS) is 25.5. The van der Waals surface area contributed by atoms with Crippen molar-refractivity contribution in [3.05, 3.63) is 32.6 Å². The number of hydrogen-bond acceptors (Lipinski definition) is 7. The zero-order chi connectivity index (χ0) is 16.5. The monoisotopic (exact) mass is 338 g/mol. The van der Waals surface area contributed by atoms with Crippen molar-refractivity contribution in [1.29, 1.82) is 0 Å². The fourth-order valence-electron chi connectivity index (χ4n) is 2.18. The quantitative estimate of drug-likeness (QED) is 0.373. The number of H-pyrrole nitrogens is 1. The van der Waals surface area contributed by atoms with Crippen LogP contribution in [0.4, 0.5) is 0 Å². The van der Waals surface area contributed by atoms with Crippen molar-refractivity contribution in [2.75, 3.05) is 6.61 Å². The maximum atomic E-state index is 11.8. The number of rotatable bonds is 5. The molecule has 0 radical (unpaired) electrons. The molecule has 1 aromatic heterocycles. The standard InChI is InChI=1S/C10H15N2O9P/c13-3-5-2-12(10(16)11-9(5)15)8-1-6(7(4-14)20-8)21-22(17,18)19/h2,6-8,13-14H,1,3-4H2,(H,11,15,16)(H2,17,18,19)/t6-,7+,8+/m0/s1. The molecule has 0 bridgehead atoms. The fraction of sp³-hybridized carbons (Fsp3) is 0.600. The zero-order valence-corrected chi connectivity index (χ0v) is 12.0. The van der Waals surface area contributed by atoms with E-state index >= 15 is 0 Å². The minimum absolute atomic E-state index is 0.0805. The third-order valence-corrected chi connectivity index (χ3v) is 3.70. The number of hydrogen-bond donors (Lipinski definition) is 5. The van der Waals surface area contributed by atoms with Crippen LogP contribution in [-0.2, 0) is 20.4 Å². The van der Waals surface area contributed by atoms with Gasteiger partial charge < -0.3 is 24.7 Å². The van der Waals surface area contributed by atoms with Gasteiger partial charge in [-0.1, -0.05) is 0 Å². The molecule has 2 heterocycles. The Morgan fingerprint density at radius 2 is 2.09 bits per heavy atom. The van der Waals surface area contributed by atoms with Crippen LogP contribution in [0.1, 0.15) is 18.2 Å². The number of phosphoric ester groups is 1. The molecule has 0 unspecified atom stereocenters. The van der Waals surface area contributed by atoms with Crippen LogP contribution in [0.15, 0.2) is 15.8 Å². The van der Waals surface area contributed by atoms with Crippen LogP contribution in [0.2, 0.25) is 0 Å². The van der Waals surface area contributed by atoms with Gasteiger partial charge in [-0.3, -0.25) is 18.9 Å². The van der Waals surface area contributed by atoms with Gasteiger partial charge in [-0.15, -0.1) is 0 Å².